The SMILES string of the molecule is CCCN(C(=O)OCc1ccccc1)[C@H](C(=O)N(Cc1ccccc1)NCC(C)C)C(C)(C)C. The largest absolute Gasteiger partial charge is 0.445 e. The van der Waals surface area contributed by atoms with E-state index in [1.165, 1.54) is 0 Å². The molecule has 0 aliphatic carbocycles. The van der Waals surface area contributed by atoms with Crippen molar-refractivity contribution < 1.29 is 14.3 Å². The van der Waals surface area contributed by atoms with Crippen LogP contribution in [0.1, 0.15) is 59.1 Å². The molecule has 1 atom stereocenters. The molecule has 0 bridgehead atoms. The molecule has 2 aromatic carbocycles. The lowest BCUT2D eigenvalue weighted by Crippen LogP contribution is -2.59. The number of ether oxygens (including phenoxy) is 1. The van der Waals surface area contributed by atoms with Crippen molar-refractivity contribution in [3.63, 3.8) is 0 Å². The third-order valence-electron chi connectivity index (χ3n) is 5.41. The summed E-state index contributed by atoms with van der Waals surface area (Å²) in [5.41, 5.74) is 4.76. The first-order valence-corrected chi connectivity index (χ1v) is 12.2. The quantitative estimate of drug-likeness (QED) is 0.435. The van der Waals surface area contributed by atoms with Crippen LogP contribution in [0.15, 0.2) is 60.7 Å². The number of nitrogens with zero attached hydrogens (tertiary/aromatic N) is 2. The van der Waals surface area contributed by atoms with E-state index in [9.17, 15) is 9.59 Å². The van der Waals surface area contributed by atoms with Crippen LogP contribution in [0.5, 0.6) is 0 Å². The van der Waals surface area contributed by atoms with Gasteiger partial charge < -0.3 is 4.74 Å². The van der Waals surface area contributed by atoms with E-state index in [0.717, 1.165) is 17.5 Å². The zero-order chi connectivity index (χ0) is 25.1. The standard InChI is InChI=1S/C28H41N3O3/c1-7-18-30(27(33)34-21-24-16-12-9-13-17-24)25(28(4,5)6)26(32)31(29-19-22(2)3)20-23-14-10-8-11-15-23/h8-17,22,25,29H,7,18-21H2,1-6H3/t25-/m1/s1. The summed E-state index contributed by atoms with van der Waals surface area (Å²) in [6.07, 6.45) is 0.251. The topological polar surface area (TPSA) is 61.9 Å². The minimum Gasteiger partial charge on any atom is -0.445 e. The average molecular weight is 468 g/mol. The monoisotopic (exact) mass is 467 g/mol. The molecule has 0 aromatic heterocycles. The summed E-state index contributed by atoms with van der Waals surface area (Å²) in [5, 5.41) is 1.67. The fraction of sp³-hybridized carbons (Fsp3) is 0.500. The zero-order valence-electron chi connectivity index (χ0n) is 21.6. The smallest absolute Gasteiger partial charge is 0.410 e. The molecule has 0 unspecified atom stereocenters. The molecule has 34 heavy (non-hydrogen) atoms. The second-order valence-electron chi connectivity index (χ2n) is 10.2. The molecule has 2 amide bonds. The Morgan fingerprint density at radius 1 is 0.941 bits per heavy atom. The van der Waals surface area contributed by atoms with Crippen molar-refractivity contribution in [1.82, 2.24) is 15.3 Å². The van der Waals surface area contributed by atoms with Gasteiger partial charge in [0.05, 0.1) is 6.54 Å². The van der Waals surface area contributed by atoms with Crippen LogP contribution >= 0.6 is 0 Å². The number of carbonyl (C=O) groups excluding carboxylic acids is 2. The van der Waals surface area contributed by atoms with Crippen LogP contribution in [-0.2, 0) is 22.7 Å². The zero-order valence-corrected chi connectivity index (χ0v) is 21.6. The Balaban J connectivity index is 2.30. The van der Waals surface area contributed by atoms with Crippen molar-refractivity contribution in [3.8, 4) is 0 Å². The van der Waals surface area contributed by atoms with Crippen molar-refractivity contribution in [2.24, 2.45) is 11.3 Å². The first kappa shape index (κ1) is 27.4. The summed E-state index contributed by atoms with van der Waals surface area (Å²) in [4.78, 5) is 28.9. The van der Waals surface area contributed by atoms with Crippen molar-refractivity contribution in [2.45, 2.75) is 67.2 Å². The number of hydrogen-bond acceptors (Lipinski definition) is 4. The van der Waals surface area contributed by atoms with Crippen LogP contribution in [0, 0.1) is 11.3 Å². The van der Waals surface area contributed by atoms with Crippen LogP contribution in [-0.4, -0.2) is 41.0 Å². The lowest BCUT2D eigenvalue weighted by atomic mass is 9.84. The Hall–Kier alpha value is -2.86. The summed E-state index contributed by atoms with van der Waals surface area (Å²) in [6, 6.07) is 18.8. The Labute approximate surface area is 205 Å². The van der Waals surface area contributed by atoms with E-state index in [1.54, 1.807) is 9.91 Å². The Morgan fingerprint density at radius 2 is 1.50 bits per heavy atom. The molecule has 6 nitrogen and oxygen atoms in total. The van der Waals surface area contributed by atoms with Crippen LogP contribution in [0.2, 0.25) is 0 Å². The molecule has 6 heteroatoms. The maximum atomic E-state index is 14.0. The van der Waals surface area contributed by atoms with E-state index < -0.39 is 17.6 Å². The number of hydrogen-bond donors (Lipinski definition) is 1. The lowest BCUT2D eigenvalue weighted by Gasteiger charge is -2.41. The highest BCUT2D eigenvalue weighted by Gasteiger charge is 2.41. The molecule has 0 saturated carbocycles. The highest BCUT2D eigenvalue weighted by atomic mass is 16.6. The van der Waals surface area contributed by atoms with Gasteiger partial charge in [-0.25, -0.2) is 10.2 Å². The van der Waals surface area contributed by atoms with Gasteiger partial charge in [0.25, 0.3) is 5.91 Å². The van der Waals surface area contributed by atoms with Crippen molar-refractivity contribution in [1.29, 1.82) is 0 Å². The predicted octanol–water partition coefficient (Wildman–Crippen LogP) is 5.64. The van der Waals surface area contributed by atoms with Gasteiger partial charge >= 0.3 is 6.09 Å². The highest BCUT2D eigenvalue weighted by Crippen LogP contribution is 2.28. The van der Waals surface area contributed by atoms with E-state index in [1.807, 2.05) is 88.4 Å². The van der Waals surface area contributed by atoms with Gasteiger partial charge in [0, 0.05) is 13.1 Å². The second kappa shape index (κ2) is 13.1. The van der Waals surface area contributed by atoms with Crippen LogP contribution < -0.4 is 5.43 Å². The number of rotatable bonds is 11. The minimum absolute atomic E-state index is 0.137. The molecule has 0 saturated heterocycles. The average Bonchev–Trinajstić information content (AvgIpc) is 2.80. The minimum atomic E-state index is -0.681. The molecule has 186 valence electrons. The van der Waals surface area contributed by atoms with Gasteiger partial charge in [-0.1, -0.05) is 102 Å². The van der Waals surface area contributed by atoms with Gasteiger partial charge in [-0.05, 0) is 28.9 Å². The summed E-state index contributed by atoms with van der Waals surface area (Å²) in [6.45, 7) is 13.9. The number of amides is 2. The molecule has 0 fully saturated rings. The van der Waals surface area contributed by atoms with Crippen LogP contribution in [0.3, 0.4) is 0 Å². The lowest BCUT2D eigenvalue weighted by molar-refractivity contribution is -0.145. The molecule has 0 heterocycles. The van der Waals surface area contributed by atoms with Gasteiger partial charge in [0.2, 0.25) is 0 Å². The number of hydrazine groups is 1. The number of carbonyl (C=O) groups is 2. The summed E-state index contributed by atoms with van der Waals surface area (Å²) < 4.78 is 5.66. The molecule has 0 aliphatic rings. The molecule has 2 aromatic rings. The van der Waals surface area contributed by atoms with Gasteiger partial charge in [-0.15, -0.1) is 0 Å². The van der Waals surface area contributed by atoms with Crippen molar-refractivity contribution in [3.05, 3.63) is 71.8 Å². The number of benzene rings is 2. The molecule has 1 N–H and O–H groups in total. The molecule has 2 rings (SSSR count). The number of nitrogens with one attached hydrogen (secondary N) is 1. The molecule has 0 aliphatic heterocycles. The van der Waals surface area contributed by atoms with Gasteiger partial charge in [0.15, 0.2) is 0 Å². The Morgan fingerprint density at radius 3 is 2.00 bits per heavy atom. The Kier molecular flexibility index (Phi) is 10.6. The highest BCUT2D eigenvalue weighted by molar-refractivity contribution is 5.86. The van der Waals surface area contributed by atoms with E-state index in [2.05, 4.69) is 19.3 Å². The predicted molar refractivity (Wildman–Crippen MR) is 137 cm³/mol. The molecular weight excluding hydrogens is 426 g/mol. The molecule has 0 radical (unpaired) electrons. The first-order chi connectivity index (χ1) is 16.1. The van der Waals surface area contributed by atoms with Crippen LogP contribution in [0.4, 0.5) is 4.79 Å². The van der Waals surface area contributed by atoms with Crippen molar-refractivity contribution in [2.75, 3.05) is 13.1 Å². The summed E-state index contributed by atoms with van der Waals surface area (Å²) in [5.74, 6) is 0.226. The van der Waals surface area contributed by atoms with Gasteiger partial charge in [-0.2, -0.15) is 0 Å². The fourth-order valence-corrected chi connectivity index (χ4v) is 3.76. The van der Waals surface area contributed by atoms with Gasteiger partial charge in [-0.3, -0.25) is 14.7 Å². The fourth-order valence-electron chi connectivity index (χ4n) is 3.76. The van der Waals surface area contributed by atoms with E-state index in [-0.39, 0.29) is 12.5 Å². The van der Waals surface area contributed by atoms with Gasteiger partial charge in [0.1, 0.15) is 12.6 Å². The first-order valence-electron chi connectivity index (χ1n) is 12.2. The maximum Gasteiger partial charge on any atom is 0.410 e. The van der Waals surface area contributed by atoms with E-state index in [4.69, 9.17) is 4.74 Å². The van der Waals surface area contributed by atoms with Crippen LogP contribution in [0.25, 0.3) is 0 Å². The summed E-state index contributed by atoms with van der Waals surface area (Å²) in [7, 11) is 0. The molecule has 0 spiro atoms. The normalized spacial score (nSPS) is 12.3. The Bertz CT molecular complexity index is 879. The summed E-state index contributed by atoms with van der Waals surface area (Å²) >= 11 is 0. The van der Waals surface area contributed by atoms with Crippen molar-refractivity contribution >= 4 is 12.0 Å². The van der Waals surface area contributed by atoms with E-state index in [0.29, 0.717) is 25.6 Å². The third-order valence-corrected chi connectivity index (χ3v) is 5.41. The van der Waals surface area contributed by atoms with E-state index >= 15 is 0 Å². The second-order valence-corrected chi connectivity index (χ2v) is 10.2. The maximum absolute atomic E-state index is 14.0. The third kappa shape index (κ3) is 8.49. The molecular formula is C28H41N3O3.